The van der Waals surface area contributed by atoms with E-state index in [4.69, 9.17) is 21.8 Å². The van der Waals surface area contributed by atoms with Gasteiger partial charge in [0, 0.05) is 111 Å². The maximum Gasteiger partial charge on any atom is 4.00 e. The molecular weight excluding hydrogens is 1340 g/mol. The van der Waals surface area contributed by atoms with Crippen molar-refractivity contribution >= 4 is 67.6 Å². The number of hydrogen-bond donors (Lipinski definition) is 2. The third-order valence-electron chi connectivity index (χ3n) is 23.3. The zero-order valence-corrected chi connectivity index (χ0v) is 73.6. The molecule has 3 N–H and O–H groups in total. The molecule has 544 valence electrons. The first-order chi connectivity index (χ1) is 45.3. The molecule has 0 radical (unpaired) electrons. The fourth-order valence-corrected chi connectivity index (χ4v) is 32.3. The summed E-state index contributed by atoms with van der Waals surface area (Å²) in [5.74, 6) is 4.81. The van der Waals surface area contributed by atoms with Crippen molar-refractivity contribution in [3.05, 3.63) is 205 Å². The summed E-state index contributed by atoms with van der Waals surface area (Å²) < 4.78 is 7.10. The summed E-state index contributed by atoms with van der Waals surface area (Å²) in [7, 11) is 3.77. The maximum atomic E-state index is 6.97. The van der Waals surface area contributed by atoms with Crippen LogP contribution < -0.4 is 29.6 Å². The molecule has 10 atom stereocenters. The van der Waals surface area contributed by atoms with Gasteiger partial charge in [0.25, 0.3) is 0 Å². The summed E-state index contributed by atoms with van der Waals surface area (Å²) in [4.78, 5) is 12.5. The summed E-state index contributed by atoms with van der Waals surface area (Å²) in [6, 6.07) is 48.8. The van der Waals surface area contributed by atoms with Gasteiger partial charge in [-0.1, -0.05) is 208 Å². The molecule has 1 aliphatic heterocycles. The predicted molar refractivity (Wildman–Crippen MR) is 449 cm³/mol. The molecule has 6 aromatic carbocycles. The summed E-state index contributed by atoms with van der Waals surface area (Å²) in [6.45, 7) is 43.6. The minimum absolute atomic E-state index is 0. The van der Waals surface area contributed by atoms with Crippen LogP contribution in [-0.4, -0.2) is 78.2 Å². The first-order valence-electron chi connectivity index (χ1n) is 37.1. The number of benzene rings is 6. The number of fused-ring (bicyclic) bond motifs is 20. The van der Waals surface area contributed by atoms with Crippen LogP contribution in [0.15, 0.2) is 127 Å². The Labute approximate surface area is 655 Å². The third kappa shape index (κ3) is 16.4. The van der Waals surface area contributed by atoms with Gasteiger partial charge in [-0.3, -0.25) is 4.90 Å². The van der Waals surface area contributed by atoms with E-state index in [1.165, 1.54) is 156 Å². The summed E-state index contributed by atoms with van der Waals surface area (Å²) >= 11 is 6.97. The quantitative estimate of drug-likeness (QED) is 0.102. The molecule has 0 amide bonds. The van der Waals surface area contributed by atoms with E-state index in [2.05, 4.69) is 288 Å². The molecule has 1 saturated heterocycles. The zero-order valence-electron chi connectivity index (χ0n) is 69.2. The number of aryl methyl sites for hydroxylation is 6. The normalized spacial score (nSPS) is 22.7. The van der Waals surface area contributed by atoms with Crippen molar-refractivity contribution < 1.29 is 42.0 Å². The topological polar surface area (TPSA) is 70.2 Å². The molecule has 9 aromatic rings. The van der Waals surface area contributed by atoms with Gasteiger partial charge in [-0.2, -0.15) is 11.1 Å². The van der Waals surface area contributed by atoms with Gasteiger partial charge >= 0.3 is 40.6 Å². The molecule has 3 aromatic heterocycles. The first-order valence-corrected chi connectivity index (χ1v) is 47.3. The second-order valence-electron chi connectivity index (χ2n) is 35.9. The molecule has 4 heterocycles. The summed E-state index contributed by atoms with van der Waals surface area (Å²) in [5.41, 5.74) is 32.6. The Hall–Kier alpha value is -3.97. The van der Waals surface area contributed by atoms with E-state index < -0.39 is 23.9 Å². The summed E-state index contributed by atoms with van der Waals surface area (Å²) in [6.07, 6.45) is 11.4. The van der Waals surface area contributed by atoms with Crippen molar-refractivity contribution in [2.24, 2.45) is 56.5 Å². The van der Waals surface area contributed by atoms with Gasteiger partial charge in [0.2, 0.25) is 0 Å². The van der Waals surface area contributed by atoms with E-state index in [-0.39, 0.29) is 80.9 Å². The third-order valence-corrected chi connectivity index (χ3v) is 33.0. The first kappa shape index (κ1) is 85.3. The number of nitrogens with two attached hydrogens (primary N) is 1. The average Bonchev–Trinajstić information content (AvgIpc) is 1.56. The molecule has 3 saturated carbocycles. The number of likely N-dealkylation sites (tertiary alicyclic amines) is 1. The zero-order chi connectivity index (χ0) is 70.1. The number of nitrogens with one attached hydrogen (secondary N) is 1. The van der Waals surface area contributed by atoms with Crippen molar-refractivity contribution in [1.29, 1.82) is 0 Å². The van der Waals surface area contributed by atoms with Crippen LogP contribution in [0.5, 0.6) is 0 Å². The Morgan fingerprint density at radius 2 is 0.980 bits per heavy atom. The van der Waals surface area contributed by atoms with Crippen LogP contribution in [0.2, 0.25) is 44.8 Å². The van der Waals surface area contributed by atoms with Crippen LogP contribution in [-0.2, 0) is 49.3 Å². The van der Waals surface area contributed by atoms with E-state index in [0.29, 0.717) is 11.1 Å². The van der Waals surface area contributed by atoms with Crippen molar-refractivity contribution in [3.8, 4) is 33.8 Å². The van der Waals surface area contributed by atoms with Gasteiger partial charge in [-0.25, -0.2) is 0 Å². The molecule has 7 nitrogen and oxygen atoms in total. The number of aromatic nitrogens is 3. The van der Waals surface area contributed by atoms with Crippen molar-refractivity contribution in [2.45, 2.75) is 226 Å². The number of hydrogen-bond acceptors (Lipinski definition) is 3. The fraction of sp³-hybridized carbons (Fsp3) is 0.494. The molecule has 102 heavy (non-hydrogen) atoms. The summed E-state index contributed by atoms with van der Waals surface area (Å²) in [5, 5.41) is 4.23. The van der Waals surface area contributed by atoms with Crippen LogP contribution in [0.25, 0.3) is 71.5 Å². The predicted octanol–water partition coefficient (Wildman–Crippen LogP) is 20.9. The van der Waals surface area contributed by atoms with Crippen LogP contribution in [0, 0.1) is 72.6 Å². The Morgan fingerprint density at radius 3 is 1.47 bits per heavy atom. The smallest absolute Gasteiger partial charge is 1.00 e. The Bertz CT molecular complexity index is 4420. The Kier molecular flexibility index (Phi) is 26.5. The second-order valence-corrected chi connectivity index (χ2v) is 51.0. The maximum absolute atomic E-state index is 6.97. The van der Waals surface area contributed by atoms with Crippen LogP contribution in [0.4, 0.5) is 0 Å². The van der Waals surface area contributed by atoms with E-state index in [0.717, 1.165) is 53.6 Å². The second kappa shape index (κ2) is 31.7. The van der Waals surface area contributed by atoms with Gasteiger partial charge in [0.05, 0.1) is 17.1 Å². The molecule has 0 bridgehead atoms. The molecular formula is C89H129ClLiN7Si3Ti. The minimum atomic E-state index is -1.89. The van der Waals surface area contributed by atoms with Gasteiger partial charge in [0.15, 0.2) is 7.38 Å². The molecule has 7 aliphatic rings. The fourth-order valence-electron chi connectivity index (χ4n) is 20.8. The number of halogens is 1. The average molecular weight is 1470 g/mol. The molecule has 6 aliphatic carbocycles. The van der Waals surface area contributed by atoms with Crippen molar-refractivity contribution in [3.63, 3.8) is 0 Å². The van der Waals surface area contributed by atoms with Crippen molar-refractivity contribution in [2.75, 3.05) is 7.05 Å². The van der Waals surface area contributed by atoms with Gasteiger partial charge in [-0.05, 0) is 194 Å². The standard InChI is InChI=1S/C23H43N2Si.C23H30N2Si.C19H20ClNSi.C17H15N.C4H11N.3CH3.Li.Ti.H/c2*1-15-12-13-19-18(14-15)20-21(25(19)5)16-10-8-9-11-17(16)22(20)26(6,7)24-23(2,3)4;1-12-9-10-16-15(11-12)17-18(21(16)2)13-7-5-6-8-14(13)19(17)22(3,4)20;1-11-7-8-16-14(9-11)15-10-12-5-3-4-6-13(12)17(15)18(16)2;1-4(2,3)5;;;;;;/h15-22H,8-14H2,1-7H3;8-14,22,24H,1-7H3;5-11,19H,1-4H3;3-9H,10H2,1-2H3;5H2,1-3H3;3*1H3;;;/q-1;;;;;3*-1;+1;+4;-1. The van der Waals surface area contributed by atoms with Crippen LogP contribution in [0.1, 0.15) is 177 Å². The molecule has 16 rings (SSSR count). The molecule has 13 heteroatoms. The number of rotatable bonds is 5. The minimum Gasteiger partial charge on any atom is -1.00 e. The van der Waals surface area contributed by atoms with Gasteiger partial charge < -0.3 is 53.1 Å². The number of nitrogens with zero attached hydrogens (tertiary/aromatic N) is 5. The SMILES string of the molecule is CC(C)(C)N.CC1CCC2C(C1)C1C(C3CCCCC3C1[Si](C)(C)[N-]C(C)(C)C)N2C.Cc1ccc2c(c1)c1c(n2C)-c2ccccc2C1.Cc1ccc2c(c1)c1c(n2C)-c2ccccc2C1[Si](C)(C)Cl.Cc1ccc2c(c1)c1c(n2C)-c2ccccc2C1[Si](C)(C)NC(C)(C)C.[CH3-].[CH3-].[CH3-].[H-].[Li+].[Ti+4]. The largest absolute Gasteiger partial charge is 4.00 e. The van der Waals surface area contributed by atoms with E-state index in [1.54, 1.807) is 5.56 Å². The van der Waals surface area contributed by atoms with E-state index >= 15 is 0 Å². The van der Waals surface area contributed by atoms with Gasteiger partial charge in [0.1, 0.15) is 8.24 Å². The molecule has 10 unspecified atom stereocenters. The monoisotopic (exact) mass is 1470 g/mol. The van der Waals surface area contributed by atoms with E-state index in [1.807, 2.05) is 20.8 Å². The van der Waals surface area contributed by atoms with Crippen molar-refractivity contribution in [1.82, 2.24) is 23.6 Å². The molecule has 0 spiro atoms. The van der Waals surface area contributed by atoms with Crippen LogP contribution >= 0.6 is 11.1 Å². The van der Waals surface area contributed by atoms with Crippen LogP contribution in [0.3, 0.4) is 0 Å². The Morgan fingerprint density at radius 1 is 0.549 bits per heavy atom. The van der Waals surface area contributed by atoms with Gasteiger partial charge in [-0.15, -0.1) is 5.54 Å². The molecule has 4 fully saturated rings. The van der Waals surface area contributed by atoms with E-state index in [9.17, 15) is 0 Å². The Balaban J connectivity index is 0.000000208.